The summed E-state index contributed by atoms with van der Waals surface area (Å²) in [5, 5.41) is 24.6. The normalized spacial score (nSPS) is 19.5. The lowest BCUT2D eigenvalue weighted by Gasteiger charge is -2.37. The minimum absolute atomic E-state index is 0.156. The topological polar surface area (TPSA) is 93.5 Å². The molecule has 5 rings (SSSR count). The van der Waals surface area contributed by atoms with E-state index >= 15 is 0 Å². The highest BCUT2D eigenvalue weighted by Gasteiger charge is 2.23. The van der Waals surface area contributed by atoms with Crippen molar-refractivity contribution in [3.63, 3.8) is 0 Å². The van der Waals surface area contributed by atoms with Gasteiger partial charge in [0.2, 0.25) is 0 Å². The third-order valence-corrected chi connectivity index (χ3v) is 5.80. The largest absolute Gasteiger partial charge is 0.390 e. The minimum Gasteiger partial charge on any atom is -0.390 e. The van der Waals surface area contributed by atoms with E-state index < -0.39 is 5.82 Å². The van der Waals surface area contributed by atoms with Gasteiger partial charge in [0.05, 0.1) is 33.9 Å². The number of piperazine rings is 1. The highest BCUT2D eigenvalue weighted by Crippen LogP contribution is 2.35. The van der Waals surface area contributed by atoms with Crippen LogP contribution in [0, 0.1) is 5.82 Å². The zero-order valence-corrected chi connectivity index (χ0v) is 17.9. The molecular formula is C21H23ClFN7O. The molecule has 0 unspecified atom stereocenters. The number of hydrogen-bond donors (Lipinski definition) is 4. The SMILES string of the molecule is C[C@@H]1CN(c2cc(Cl)c3c(Nc4cc(F)c5nc(CO)cn5c4)n[nH]c3c2)C[C@H](C)N1. The Hall–Kier alpha value is -2.88. The van der Waals surface area contributed by atoms with E-state index in [2.05, 4.69) is 44.6 Å². The summed E-state index contributed by atoms with van der Waals surface area (Å²) in [6, 6.07) is 6.10. The predicted octanol–water partition coefficient (Wildman–Crippen LogP) is 3.43. The second kappa shape index (κ2) is 7.67. The van der Waals surface area contributed by atoms with E-state index in [1.54, 1.807) is 12.4 Å². The Labute approximate surface area is 183 Å². The molecule has 0 saturated carbocycles. The van der Waals surface area contributed by atoms with Crippen LogP contribution in [0.5, 0.6) is 0 Å². The number of hydrogen-bond acceptors (Lipinski definition) is 6. The average Bonchev–Trinajstić information content (AvgIpc) is 3.32. The molecule has 0 radical (unpaired) electrons. The standard InChI is InChI=1S/C21H23ClFN7O/c1-11-6-29(7-12(2)24-11)15-4-16(22)19-18(5-15)27-28-20(19)25-13-3-17(23)21-26-14(10-31)9-30(21)8-13/h3-5,8-9,11-12,24,31H,6-7,10H2,1-2H3,(H2,25,27,28)/t11-,12+. The van der Waals surface area contributed by atoms with Crippen LogP contribution in [0.15, 0.2) is 30.6 Å². The van der Waals surface area contributed by atoms with Crippen LogP contribution in [0.2, 0.25) is 5.02 Å². The number of pyridine rings is 1. The number of nitrogens with one attached hydrogen (secondary N) is 3. The number of imidazole rings is 1. The lowest BCUT2D eigenvalue weighted by Crippen LogP contribution is -2.54. The molecule has 4 N–H and O–H groups in total. The van der Waals surface area contributed by atoms with Crippen LogP contribution in [0.4, 0.5) is 21.6 Å². The molecule has 0 aliphatic carbocycles. The molecule has 4 aromatic rings. The van der Waals surface area contributed by atoms with Crippen LogP contribution in [0.3, 0.4) is 0 Å². The molecule has 162 valence electrons. The smallest absolute Gasteiger partial charge is 0.173 e. The first-order chi connectivity index (χ1) is 14.9. The first-order valence-electron chi connectivity index (χ1n) is 10.1. The Morgan fingerprint density at radius 3 is 2.74 bits per heavy atom. The van der Waals surface area contributed by atoms with Gasteiger partial charge in [-0.3, -0.25) is 5.10 Å². The van der Waals surface area contributed by atoms with Crippen LogP contribution >= 0.6 is 11.6 Å². The van der Waals surface area contributed by atoms with Crippen LogP contribution < -0.4 is 15.5 Å². The van der Waals surface area contributed by atoms with Gasteiger partial charge in [0, 0.05) is 49.3 Å². The van der Waals surface area contributed by atoms with E-state index in [1.165, 1.54) is 10.5 Å². The molecule has 1 aliphatic rings. The van der Waals surface area contributed by atoms with Gasteiger partial charge in [-0.1, -0.05) is 11.6 Å². The number of aliphatic hydroxyl groups excluding tert-OH is 1. The molecule has 10 heteroatoms. The van der Waals surface area contributed by atoms with E-state index in [-0.39, 0.29) is 12.3 Å². The van der Waals surface area contributed by atoms with Crippen molar-refractivity contribution in [2.45, 2.75) is 32.5 Å². The first-order valence-corrected chi connectivity index (χ1v) is 10.5. The van der Waals surface area contributed by atoms with E-state index in [9.17, 15) is 9.50 Å². The third-order valence-electron chi connectivity index (χ3n) is 5.50. The fraction of sp³-hybridized carbons (Fsp3) is 0.333. The number of fused-ring (bicyclic) bond motifs is 2. The molecule has 0 spiro atoms. The maximum Gasteiger partial charge on any atom is 0.173 e. The molecule has 0 bridgehead atoms. The molecule has 8 nitrogen and oxygen atoms in total. The summed E-state index contributed by atoms with van der Waals surface area (Å²) in [6.07, 6.45) is 3.28. The van der Waals surface area contributed by atoms with Gasteiger partial charge in [0.1, 0.15) is 0 Å². The van der Waals surface area contributed by atoms with Gasteiger partial charge in [0.15, 0.2) is 17.3 Å². The number of nitrogens with zero attached hydrogens (tertiary/aromatic N) is 4. The van der Waals surface area contributed by atoms with Crippen molar-refractivity contribution in [1.82, 2.24) is 24.9 Å². The molecular weight excluding hydrogens is 421 g/mol. The van der Waals surface area contributed by atoms with E-state index in [1.807, 2.05) is 12.1 Å². The first kappa shape index (κ1) is 20.0. The summed E-state index contributed by atoms with van der Waals surface area (Å²) in [5.41, 5.74) is 2.88. The highest BCUT2D eigenvalue weighted by atomic mass is 35.5. The fourth-order valence-corrected chi connectivity index (χ4v) is 4.60. The van der Waals surface area contributed by atoms with Crippen molar-refractivity contribution in [3.8, 4) is 0 Å². The number of aromatic nitrogens is 4. The summed E-state index contributed by atoms with van der Waals surface area (Å²) in [5.74, 6) is 0.00900. The van der Waals surface area contributed by atoms with E-state index in [0.29, 0.717) is 34.3 Å². The molecule has 1 saturated heterocycles. The molecule has 3 aromatic heterocycles. The van der Waals surface area contributed by atoms with Gasteiger partial charge in [-0.25, -0.2) is 9.37 Å². The molecule has 1 aromatic carbocycles. The minimum atomic E-state index is -0.500. The predicted molar refractivity (Wildman–Crippen MR) is 120 cm³/mol. The van der Waals surface area contributed by atoms with Crippen LogP contribution in [-0.2, 0) is 6.61 Å². The van der Waals surface area contributed by atoms with Crippen molar-refractivity contribution < 1.29 is 9.50 Å². The number of aromatic amines is 1. The molecule has 4 heterocycles. The van der Waals surface area contributed by atoms with Crippen molar-refractivity contribution >= 4 is 45.3 Å². The maximum absolute atomic E-state index is 14.5. The molecule has 2 atom stereocenters. The highest BCUT2D eigenvalue weighted by molar-refractivity contribution is 6.36. The summed E-state index contributed by atoms with van der Waals surface area (Å²) < 4.78 is 16.0. The summed E-state index contributed by atoms with van der Waals surface area (Å²) in [7, 11) is 0. The zero-order chi connectivity index (χ0) is 21.7. The summed E-state index contributed by atoms with van der Waals surface area (Å²) >= 11 is 6.66. The van der Waals surface area contributed by atoms with Gasteiger partial charge in [-0.2, -0.15) is 5.10 Å². The number of rotatable bonds is 4. The number of benzene rings is 1. The second-order valence-electron chi connectivity index (χ2n) is 8.12. The fourth-order valence-electron chi connectivity index (χ4n) is 4.29. The Balaban J connectivity index is 1.48. The quantitative estimate of drug-likeness (QED) is 0.386. The van der Waals surface area contributed by atoms with E-state index in [4.69, 9.17) is 11.6 Å². The number of anilines is 3. The van der Waals surface area contributed by atoms with Crippen LogP contribution in [-0.4, -0.2) is 49.9 Å². The molecule has 31 heavy (non-hydrogen) atoms. The molecule has 0 amide bonds. The van der Waals surface area contributed by atoms with Gasteiger partial charge < -0.3 is 25.0 Å². The lowest BCUT2D eigenvalue weighted by atomic mass is 10.1. The van der Waals surface area contributed by atoms with Crippen LogP contribution in [0.25, 0.3) is 16.6 Å². The van der Waals surface area contributed by atoms with Gasteiger partial charge in [0.25, 0.3) is 0 Å². The van der Waals surface area contributed by atoms with Crippen molar-refractivity contribution in [2.75, 3.05) is 23.3 Å². The van der Waals surface area contributed by atoms with Gasteiger partial charge in [-0.05, 0) is 26.0 Å². The molecule has 1 aliphatic heterocycles. The van der Waals surface area contributed by atoms with Crippen molar-refractivity contribution in [3.05, 3.63) is 47.1 Å². The Morgan fingerprint density at radius 2 is 2.00 bits per heavy atom. The van der Waals surface area contributed by atoms with Crippen molar-refractivity contribution in [2.24, 2.45) is 0 Å². The third kappa shape index (κ3) is 3.69. The van der Waals surface area contributed by atoms with Crippen LogP contribution in [0.1, 0.15) is 19.5 Å². The second-order valence-corrected chi connectivity index (χ2v) is 8.53. The average molecular weight is 444 g/mol. The molecule has 1 fully saturated rings. The van der Waals surface area contributed by atoms with Gasteiger partial charge in [-0.15, -0.1) is 0 Å². The Bertz CT molecular complexity index is 1260. The summed E-state index contributed by atoms with van der Waals surface area (Å²) in [6.45, 7) is 5.87. The monoisotopic (exact) mass is 443 g/mol. The number of aliphatic hydroxyl groups is 1. The summed E-state index contributed by atoms with van der Waals surface area (Å²) in [4.78, 5) is 6.37. The maximum atomic E-state index is 14.5. The van der Waals surface area contributed by atoms with Crippen molar-refractivity contribution in [1.29, 1.82) is 0 Å². The van der Waals surface area contributed by atoms with Gasteiger partial charge >= 0.3 is 0 Å². The number of halogens is 2. The Kier molecular flexibility index (Phi) is 4.96. The lowest BCUT2D eigenvalue weighted by molar-refractivity contribution is 0.277. The number of H-pyrrole nitrogens is 1. The van der Waals surface area contributed by atoms with E-state index in [0.717, 1.165) is 29.7 Å². The zero-order valence-electron chi connectivity index (χ0n) is 17.2. The Morgan fingerprint density at radius 1 is 1.23 bits per heavy atom.